The summed E-state index contributed by atoms with van der Waals surface area (Å²) in [4.78, 5) is 12.0. The quantitative estimate of drug-likeness (QED) is 0.819. The normalized spacial score (nSPS) is 12.2. The van der Waals surface area contributed by atoms with Crippen molar-refractivity contribution < 1.29 is 9.53 Å². The van der Waals surface area contributed by atoms with Crippen molar-refractivity contribution in [3.63, 3.8) is 0 Å². The van der Waals surface area contributed by atoms with Crippen LogP contribution < -0.4 is 11.1 Å². The van der Waals surface area contributed by atoms with E-state index < -0.39 is 0 Å². The predicted molar refractivity (Wildman–Crippen MR) is 72.0 cm³/mol. The number of hydrogen-bond acceptors (Lipinski definition) is 3. The summed E-state index contributed by atoms with van der Waals surface area (Å²) in [7, 11) is 1.64. The zero-order valence-electron chi connectivity index (χ0n) is 10.00. The fourth-order valence-electron chi connectivity index (χ4n) is 1.39. The van der Waals surface area contributed by atoms with Crippen LogP contribution in [0.15, 0.2) is 22.7 Å². The standard InChI is InChI=1S/C12H17BrN2O2/c1-8(6-7-17-2)15-12(16)9-4-3-5-10(14)11(9)13/h3-5,8H,6-7,14H2,1-2H3,(H,15,16). The van der Waals surface area contributed by atoms with Gasteiger partial charge in [0.15, 0.2) is 0 Å². The number of carbonyl (C=O) groups is 1. The number of hydrogen-bond donors (Lipinski definition) is 2. The summed E-state index contributed by atoms with van der Waals surface area (Å²) in [6, 6.07) is 5.30. The molecular formula is C12H17BrN2O2. The fraction of sp³-hybridized carbons (Fsp3) is 0.417. The number of amides is 1. The Morgan fingerprint density at radius 3 is 2.94 bits per heavy atom. The molecule has 0 bridgehead atoms. The number of anilines is 1. The first-order valence-electron chi connectivity index (χ1n) is 5.40. The van der Waals surface area contributed by atoms with Gasteiger partial charge in [-0.25, -0.2) is 0 Å². The number of rotatable bonds is 5. The second-order valence-corrected chi connectivity index (χ2v) is 4.66. The average molecular weight is 301 g/mol. The van der Waals surface area contributed by atoms with Crippen molar-refractivity contribution in [2.45, 2.75) is 19.4 Å². The van der Waals surface area contributed by atoms with Gasteiger partial charge in [0.05, 0.1) is 10.0 Å². The zero-order chi connectivity index (χ0) is 12.8. The lowest BCUT2D eigenvalue weighted by Gasteiger charge is -2.14. The van der Waals surface area contributed by atoms with Crippen LogP contribution in [0.5, 0.6) is 0 Å². The Kier molecular flexibility index (Phi) is 5.44. The molecule has 5 heteroatoms. The largest absolute Gasteiger partial charge is 0.398 e. The van der Waals surface area contributed by atoms with Crippen LogP contribution in [0.4, 0.5) is 5.69 Å². The Hall–Kier alpha value is -1.07. The van der Waals surface area contributed by atoms with Gasteiger partial charge in [-0.15, -0.1) is 0 Å². The first-order valence-corrected chi connectivity index (χ1v) is 6.19. The van der Waals surface area contributed by atoms with Crippen molar-refractivity contribution in [2.24, 2.45) is 0 Å². The van der Waals surface area contributed by atoms with Crippen molar-refractivity contribution in [3.8, 4) is 0 Å². The lowest BCUT2D eigenvalue weighted by atomic mass is 10.1. The Balaban J connectivity index is 2.67. The summed E-state index contributed by atoms with van der Waals surface area (Å²) in [5.41, 5.74) is 6.83. The molecule has 0 radical (unpaired) electrons. The number of halogens is 1. The highest BCUT2D eigenvalue weighted by Crippen LogP contribution is 2.23. The van der Waals surface area contributed by atoms with E-state index >= 15 is 0 Å². The Bertz CT molecular complexity index is 396. The maximum absolute atomic E-state index is 12.0. The molecule has 0 fully saturated rings. The van der Waals surface area contributed by atoms with Crippen LogP contribution in [-0.2, 0) is 4.74 Å². The lowest BCUT2D eigenvalue weighted by Crippen LogP contribution is -2.33. The van der Waals surface area contributed by atoms with Gasteiger partial charge in [-0.2, -0.15) is 0 Å². The Morgan fingerprint density at radius 1 is 1.59 bits per heavy atom. The summed E-state index contributed by atoms with van der Waals surface area (Å²) in [6.07, 6.45) is 0.780. The molecular weight excluding hydrogens is 284 g/mol. The molecule has 0 heterocycles. The maximum atomic E-state index is 12.0. The molecule has 94 valence electrons. The van der Waals surface area contributed by atoms with Crippen LogP contribution in [0.3, 0.4) is 0 Å². The van der Waals surface area contributed by atoms with Gasteiger partial charge >= 0.3 is 0 Å². The molecule has 0 saturated heterocycles. The molecule has 1 amide bonds. The van der Waals surface area contributed by atoms with Crippen LogP contribution in [0.2, 0.25) is 0 Å². The Labute approximate surface area is 110 Å². The first kappa shape index (κ1) is 14.0. The molecule has 3 N–H and O–H groups in total. The monoisotopic (exact) mass is 300 g/mol. The summed E-state index contributed by atoms with van der Waals surface area (Å²) in [5, 5.41) is 2.89. The molecule has 4 nitrogen and oxygen atoms in total. The highest BCUT2D eigenvalue weighted by Gasteiger charge is 2.13. The molecule has 1 rings (SSSR count). The molecule has 0 spiro atoms. The molecule has 0 aromatic heterocycles. The van der Waals surface area contributed by atoms with Crippen molar-refractivity contribution in [1.82, 2.24) is 5.32 Å². The topological polar surface area (TPSA) is 64.3 Å². The third-order valence-corrected chi connectivity index (χ3v) is 3.29. The average Bonchev–Trinajstić information content (AvgIpc) is 2.29. The first-order chi connectivity index (χ1) is 8.06. The second-order valence-electron chi connectivity index (χ2n) is 3.86. The van der Waals surface area contributed by atoms with E-state index in [0.717, 1.165) is 6.42 Å². The predicted octanol–water partition coefficient (Wildman–Crippen LogP) is 2.19. The molecule has 0 aliphatic rings. The molecule has 17 heavy (non-hydrogen) atoms. The number of ether oxygens (including phenoxy) is 1. The minimum absolute atomic E-state index is 0.0655. The third kappa shape index (κ3) is 4.02. The van der Waals surface area contributed by atoms with Gasteiger partial charge < -0.3 is 15.8 Å². The van der Waals surface area contributed by atoms with Gasteiger partial charge in [-0.3, -0.25) is 4.79 Å². The van der Waals surface area contributed by atoms with Crippen molar-refractivity contribution >= 4 is 27.5 Å². The van der Waals surface area contributed by atoms with E-state index in [1.165, 1.54) is 0 Å². The van der Waals surface area contributed by atoms with Gasteiger partial charge in [-0.1, -0.05) is 6.07 Å². The highest BCUT2D eigenvalue weighted by molar-refractivity contribution is 9.10. The molecule has 1 aromatic rings. The van der Waals surface area contributed by atoms with E-state index in [-0.39, 0.29) is 11.9 Å². The molecule has 0 saturated carbocycles. The second kappa shape index (κ2) is 6.61. The van der Waals surface area contributed by atoms with Gasteiger partial charge in [-0.05, 0) is 41.4 Å². The summed E-state index contributed by atoms with van der Waals surface area (Å²) >= 11 is 3.31. The van der Waals surface area contributed by atoms with E-state index in [1.54, 1.807) is 25.3 Å². The van der Waals surface area contributed by atoms with Gasteiger partial charge in [0.1, 0.15) is 0 Å². The van der Waals surface area contributed by atoms with E-state index in [4.69, 9.17) is 10.5 Å². The summed E-state index contributed by atoms with van der Waals surface area (Å²) in [5.74, 6) is -0.132. The van der Waals surface area contributed by atoms with Gasteiger partial charge in [0.25, 0.3) is 5.91 Å². The number of nitrogen functional groups attached to an aromatic ring is 1. The van der Waals surface area contributed by atoms with Crippen molar-refractivity contribution in [1.29, 1.82) is 0 Å². The molecule has 0 aliphatic carbocycles. The van der Waals surface area contributed by atoms with Crippen LogP contribution in [0, 0.1) is 0 Å². The zero-order valence-corrected chi connectivity index (χ0v) is 11.6. The number of nitrogens with two attached hydrogens (primary N) is 1. The molecule has 1 atom stereocenters. The lowest BCUT2D eigenvalue weighted by molar-refractivity contribution is 0.0929. The van der Waals surface area contributed by atoms with E-state index in [2.05, 4.69) is 21.2 Å². The van der Waals surface area contributed by atoms with E-state index in [1.807, 2.05) is 6.92 Å². The molecule has 0 aliphatic heterocycles. The summed E-state index contributed by atoms with van der Waals surface area (Å²) < 4.78 is 5.60. The van der Waals surface area contributed by atoms with Crippen LogP contribution in [-0.4, -0.2) is 25.7 Å². The SMILES string of the molecule is COCCC(C)NC(=O)c1cccc(N)c1Br. The van der Waals surface area contributed by atoms with Crippen LogP contribution in [0.25, 0.3) is 0 Å². The molecule has 1 unspecified atom stereocenters. The number of benzene rings is 1. The maximum Gasteiger partial charge on any atom is 0.252 e. The van der Waals surface area contributed by atoms with Crippen LogP contribution >= 0.6 is 15.9 Å². The third-order valence-electron chi connectivity index (χ3n) is 2.41. The fourth-order valence-corrected chi connectivity index (χ4v) is 1.84. The number of carbonyl (C=O) groups excluding carboxylic acids is 1. The van der Waals surface area contributed by atoms with Gasteiger partial charge in [0.2, 0.25) is 0 Å². The van der Waals surface area contributed by atoms with Crippen molar-refractivity contribution in [2.75, 3.05) is 19.5 Å². The Morgan fingerprint density at radius 2 is 2.29 bits per heavy atom. The minimum Gasteiger partial charge on any atom is -0.398 e. The number of methoxy groups -OCH3 is 1. The molecule has 1 aromatic carbocycles. The summed E-state index contributed by atoms with van der Waals surface area (Å²) in [6.45, 7) is 2.57. The smallest absolute Gasteiger partial charge is 0.252 e. The van der Waals surface area contributed by atoms with E-state index in [9.17, 15) is 4.79 Å². The number of nitrogens with one attached hydrogen (secondary N) is 1. The van der Waals surface area contributed by atoms with Crippen molar-refractivity contribution in [3.05, 3.63) is 28.2 Å². The highest BCUT2D eigenvalue weighted by atomic mass is 79.9. The van der Waals surface area contributed by atoms with Gasteiger partial charge in [0, 0.05) is 25.4 Å². The van der Waals surface area contributed by atoms with Crippen LogP contribution in [0.1, 0.15) is 23.7 Å². The van der Waals surface area contributed by atoms with E-state index in [0.29, 0.717) is 22.3 Å². The minimum atomic E-state index is -0.132.